The topological polar surface area (TPSA) is 93.4 Å². The van der Waals surface area contributed by atoms with Gasteiger partial charge in [0.15, 0.2) is 5.75 Å². The van der Waals surface area contributed by atoms with Gasteiger partial charge >= 0.3 is 42.1 Å². The van der Waals surface area contributed by atoms with Crippen molar-refractivity contribution in [1.82, 2.24) is 24.5 Å². The summed E-state index contributed by atoms with van der Waals surface area (Å²) in [6, 6.07) is 44.2. The molecule has 8 aromatic rings. The summed E-state index contributed by atoms with van der Waals surface area (Å²) in [5.41, 5.74) is 4.62. The van der Waals surface area contributed by atoms with Crippen LogP contribution in [0, 0.1) is 24.3 Å². The molecule has 0 spiro atoms. The average Bonchev–Trinajstić information content (AvgIpc) is 3.48. The smallest absolute Gasteiger partial charge is 0.503 e. The fraction of sp³-hybridized carbons (Fsp3) is 0.0500. The number of rotatable bonds is 7. The molecule has 0 unspecified atom stereocenters. The SMILES string of the molecule is [Pt+2].[Pt+2].[c-]1c(Oc2[c-]c3c(cc2)c2ccc(Oc4[c-]c(-c5ccccn5)ccc4)[c-]c2n3-c2ncc3c(n2)OCCO3)cccc1-c1ccccn1. The van der Waals surface area contributed by atoms with Crippen molar-refractivity contribution in [2.24, 2.45) is 0 Å². The van der Waals surface area contributed by atoms with E-state index in [9.17, 15) is 0 Å². The van der Waals surface area contributed by atoms with Crippen LogP contribution in [0.5, 0.6) is 34.6 Å². The van der Waals surface area contributed by atoms with Gasteiger partial charge in [0.05, 0.1) is 6.20 Å². The molecule has 0 radical (unpaired) electrons. The second kappa shape index (κ2) is 14.9. The second-order valence-electron chi connectivity index (χ2n) is 11.0. The van der Waals surface area contributed by atoms with Gasteiger partial charge in [-0.15, -0.1) is 71.8 Å². The normalized spacial score (nSPS) is 11.8. The summed E-state index contributed by atoms with van der Waals surface area (Å²) >= 11 is 0. The van der Waals surface area contributed by atoms with Crippen molar-refractivity contribution in [2.75, 3.05) is 13.2 Å². The molecule has 0 amide bonds. The Kier molecular flexibility index (Phi) is 9.93. The van der Waals surface area contributed by atoms with Crippen molar-refractivity contribution in [3.05, 3.63) is 140 Å². The zero-order chi connectivity index (χ0) is 32.6. The molecule has 1 aliphatic rings. The van der Waals surface area contributed by atoms with Gasteiger partial charge in [0, 0.05) is 35.4 Å². The maximum Gasteiger partial charge on any atom is 2.00 e. The third-order valence-electron chi connectivity index (χ3n) is 7.88. The Bertz CT molecular complexity index is 2340. The number of ether oxygens (including phenoxy) is 4. The molecule has 4 aromatic carbocycles. The van der Waals surface area contributed by atoms with Crippen LogP contribution in [0.25, 0.3) is 50.3 Å². The van der Waals surface area contributed by atoms with Crippen LogP contribution in [0.3, 0.4) is 0 Å². The van der Waals surface area contributed by atoms with E-state index >= 15 is 0 Å². The number of fused-ring (bicyclic) bond motifs is 4. The average molecular weight is 1030 g/mol. The summed E-state index contributed by atoms with van der Waals surface area (Å²) in [5.74, 6) is 3.25. The Hall–Kier alpha value is -5.36. The Balaban J connectivity index is 0.00000203. The van der Waals surface area contributed by atoms with Gasteiger partial charge < -0.3 is 33.5 Å². The van der Waals surface area contributed by atoms with Crippen molar-refractivity contribution < 1.29 is 61.1 Å². The molecule has 51 heavy (non-hydrogen) atoms. The second-order valence-corrected chi connectivity index (χ2v) is 11.0. The molecule has 4 aromatic heterocycles. The van der Waals surface area contributed by atoms with Crippen molar-refractivity contribution in [3.63, 3.8) is 0 Å². The van der Waals surface area contributed by atoms with E-state index in [0.717, 1.165) is 33.3 Å². The number of aromatic nitrogens is 5. The van der Waals surface area contributed by atoms with E-state index in [4.69, 9.17) is 23.9 Å². The number of pyridine rings is 2. The molecule has 0 saturated heterocycles. The summed E-state index contributed by atoms with van der Waals surface area (Å²) in [5, 5.41) is 1.80. The zero-order valence-corrected chi connectivity index (χ0v) is 30.9. The first kappa shape index (κ1) is 34.1. The van der Waals surface area contributed by atoms with Gasteiger partial charge in [0.1, 0.15) is 13.2 Å². The fourth-order valence-electron chi connectivity index (χ4n) is 5.69. The van der Waals surface area contributed by atoms with Gasteiger partial charge in [-0.25, -0.2) is 4.98 Å². The van der Waals surface area contributed by atoms with E-state index in [1.165, 1.54) is 0 Å². The van der Waals surface area contributed by atoms with Crippen molar-refractivity contribution >= 4 is 21.8 Å². The van der Waals surface area contributed by atoms with E-state index in [1.807, 2.05) is 102 Å². The molecule has 0 saturated carbocycles. The largest absolute Gasteiger partial charge is 2.00 e. The third kappa shape index (κ3) is 6.88. The van der Waals surface area contributed by atoms with Gasteiger partial charge in [-0.1, -0.05) is 47.4 Å². The van der Waals surface area contributed by atoms with Crippen LogP contribution in [0.4, 0.5) is 0 Å². The van der Waals surface area contributed by atoms with Gasteiger partial charge in [-0.3, -0.25) is 0 Å². The van der Waals surface area contributed by atoms with Gasteiger partial charge in [0.2, 0.25) is 5.95 Å². The van der Waals surface area contributed by atoms with Crippen molar-refractivity contribution in [3.8, 4) is 63.1 Å². The summed E-state index contributed by atoms with van der Waals surface area (Å²) in [7, 11) is 0. The van der Waals surface area contributed by atoms with E-state index in [2.05, 4.69) is 39.2 Å². The number of hydrogen-bond donors (Lipinski definition) is 0. The molecule has 0 bridgehead atoms. The minimum Gasteiger partial charge on any atom is -0.503 e. The Labute approximate surface area is 321 Å². The fourth-order valence-corrected chi connectivity index (χ4v) is 5.69. The minimum atomic E-state index is 0. The summed E-state index contributed by atoms with van der Waals surface area (Å²) < 4.78 is 26.0. The molecule has 9 rings (SSSR count). The maximum atomic E-state index is 6.29. The molecular formula is C40H23N5O4Pt2. The van der Waals surface area contributed by atoms with Crippen LogP contribution in [-0.2, 0) is 42.1 Å². The van der Waals surface area contributed by atoms with Crippen molar-refractivity contribution in [2.45, 2.75) is 0 Å². The van der Waals surface area contributed by atoms with Gasteiger partial charge in [-0.05, 0) is 23.5 Å². The zero-order valence-electron chi connectivity index (χ0n) is 26.4. The third-order valence-corrected chi connectivity index (χ3v) is 7.88. The van der Waals surface area contributed by atoms with Crippen LogP contribution >= 0.6 is 0 Å². The first-order valence-corrected chi connectivity index (χ1v) is 15.5. The summed E-state index contributed by atoms with van der Waals surface area (Å²) in [4.78, 5) is 18.3. The standard InChI is InChI=1S/C40H23N5O4.2Pt/c1-3-17-41-34(11-1)26-7-5-9-28(21-26)48-30-13-15-32-33-16-14-31(49-29-10-6-8-27(22-29)35-12-2-4-18-42-35)24-37(33)45(36(32)23-30)40-43-25-38-39(44-40)47-20-19-46-38;;/h1-18,25H,19-20H2;;/q-4;2*+2. The monoisotopic (exact) mass is 1030 g/mol. The molecule has 252 valence electrons. The molecular weight excluding hydrogens is 1000 g/mol. The quantitative estimate of drug-likeness (QED) is 0.148. The molecule has 0 fully saturated rings. The molecule has 0 aliphatic carbocycles. The molecule has 1 aliphatic heterocycles. The van der Waals surface area contributed by atoms with E-state index < -0.39 is 0 Å². The Morgan fingerprint density at radius 1 is 0.549 bits per heavy atom. The molecule has 0 atom stereocenters. The molecule has 11 heteroatoms. The molecule has 5 heterocycles. The van der Waals surface area contributed by atoms with Gasteiger partial charge in [-0.2, -0.15) is 27.9 Å². The van der Waals surface area contributed by atoms with E-state index in [0.29, 0.717) is 64.8 Å². The predicted octanol–water partition coefficient (Wildman–Crippen LogP) is 8.25. The van der Waals surface area contributed by atoms with Crippen LogP contribution in [0.1, 0.15) is 0 Å². The van der Waals surface area contributed by atoms with E-state index in [1.54, 1.807) is 18.6 Å². The molecule has 0 N–H and O–H groups in total. The maximum absolute atomic E-state index is 6.29. The first-order valence-electron chi connectivity index (χ1n) is 15.5. The van der Waals surface area contributed by atoms with E-state index in [-0.39, 0.29) is 42.1 Å². The van der Waals surface area contributed by atoms with Crippen LogP contribution < -0.4 is 18.9 Å². The number of hydrogen-bond acceptors (Lipinski definition) is 8. The molecule has 9 nitrogen and oxygen atoms in total. The van der Waals surface area contributed by atoms with Crippen LogP contribution in [0.2, 0.25) is 0 Å². The Morgan fingerprint density at radius 3 is 1.65 bits per heavy atom. The minimum absolute atomic E-state index is 0. The number of benzene rings is 4. The van der Waals surface area contributed by atoms with Gasteiger partial charge in [0.25, 0.3) is 5.88 Å². The van der Waals surface area contributed by atoms with Crippen molar-refractivity contribution in [1.29, 1.82) is 0 Å². The van der Waals surface area contributed by atoms with Crippen LogP contribution in [0.15, 0.2) is 116 Å². The Morgan fingerprint density at radius 2 is 1.10 bits per heavy atom. The summed E-state index contributed by atoms with van der Waals surface area (Å²) in [6.45, 7) is 0.831. The first-order chi connectivity index (χ1) is 24.2. The predicted molar refractivity (Wildman–Crippen MR) is 182 cm³/mol. The van der Waals surface area contributed by atoms with Crippen LogP contribution in [-0.4, -0.2) is 37.7 Å². The number of nitrogens with zero attached hydrogens (tertiary/aromatic N) is 5. The summed E-state index contributed by atoms with van der Waals surface area (Å²) in [6.07, 6.45) is 5.12.